The van der Waals surface area contributed by atoms with Crippen molar-refractivity contribution >= 4 is 17.4 Å². The second-order valence-electron chi connectivity index (χ2n) is 6.98. The van der Waals surface area contributed by atoms with Crippen LogP contribution in [0.1, 0.15) is 51.2 Å². The Kier molecular flexibility index (Phi) is 3.50. The molecule has 2 aliphatic rings. The standard InChI is InChI=1S/C17H19NO5/c1-16(2)13(11-6-5-7-12(10-11)18(21)22)23-15(20)17(14(16)19)8-3-4-9-17/h5-7,10,13H,3-4,8-9H2,1-2H3/t13-/m0/s1. The summed E-state index contributed by atoms with van der Waals surface area (Å²) in [6.07, 6.45) is 1.97. The van der Waals surface area contributed by atoms with Gasteiger partial charge in [0.1, 0.15) is 11.5 Å². The van der Waals surface area contributed by atoms with Crippen molar-refractivity contribution in [2.75, 3.05) is 0 Å². The van der Waals surface area contributed by atoms with E-state index in [2.05, 4.69) is 0 Å². The van der Waals surface area contributed by atoms with Crippen LogP contribution in [0.4, 0.5) is 5.69 Å². The van der Waals surface area contributed by atoms with Crippen molar-refractivity contribution < 1.29 is 19.2 Å². The highest BCUT2D eigenvalue weighted by molar-refractivity contribution is 6.08. The number of nitro groups is 1. The lowest BCUT2D eigenvalue weighted by molar-refractivity contribution is -0.385. The average molecular weight is 317 g/mol. The lowest BCUT2D eigenvalue weighted by atomic mass is 9.64. The molecule has 1 aromatic carbocycles. The van der Waals surface area contributed by atoms with Gasteiger partial charge in [0.15, 0.2) is 5.78 Å². The van der Waals surface area contributed by atoms with Crippen LogP contribution in [0, 0.1) is 20.9 Å². The molecule has 1 saturated carbocycles. The number of ether oxygens (including phenoxy) is 1. The fraction of sp³-hybridized carbons (Fsp3) is 0.529. The smallest absolute Gasteiger partial charge is 0.320 e. The largest absolute Gasteiger partial charge is 0.456 e. The minimum atomic E-state index is -1.01. The van der Waals surface area contributed by atoms with Gasteiger partial charge in [-0.05, 0) is 26.7 Å². The molecule has 6 heteroatoms. The fourth-order valence-electron chi connectivity index (χ4n) is 3.89. The molecule has 1 saturated heterocycles. The minimum Gasteiger partial charge on any atom is -0.456 e. The number of rotatable bonds is 2. The van der Waals surface area contributed by atoms with Gasteiger partial charge in [0, 0.05) is 17.7 Å². The molecule has 0 N–H and O–H groups in total. The summed E-state index contributed by atoms with van der Waals surface area (Å²) in [4.78, 5) is 36.1. The topological polar surface area (TPSA) is 86.5 Å². The van der Waals surface area contributed by atoms with E-state index in [0.29, 0.717) is 18.4 Å². The summed E-state index contributed by atoms with van der Waals surface area (Å²) in [7, 11) is 0. The number of hydrogen-bond acceptors (Lipinski definition) is 5. The van der Waals surface area contributed by atoms with E-state index in [4.69, 9.17) is 4.74 Å². The van der Waals surface area contributed by atoms with Crippen LogP contribution in [0.2, 0.25) is 0 Å². The maximum Gasteiger partial charge on any atom is 0.320 e. The summed E-state index contributed by atoms with van der Waals surface area (Å²) < 4.78 is 5.65. The van der Waals surface area contributed by atoms with Crippen LogP contribution in [0.15, 0.2) is 24.3 Å². The number of hydrogen-bond donors (Lipinski definition) is 0. The summed E-state index contributed by atoms with van der Waals surface area (Å²) in [6.45, 7) is 3.51. The summed E-state index contributed by atoms with van der Waals surface area (Å²) in [5, 5.41) is 11.0. The van der Waals surface area contributed by atoms with Gasteiger partial charge >= 0.3 is 5.97 Å². The molecular formula is C17H19NO5. The van der Waals surface area contributed by atoms with Crippen LogP contribution >= 0.6 is 0 Å². The average Bonchev–Trinajstić information content (AvgIpc) is 3.00. The molecular weight excluding hydrogens is 298 g/mol. The Balaban J connectivity index is 2.02. The number of esters is 1. The van der Waals surface area contributed by atoms with E-state index >= 15 is 0 Å². The fourth-order valence-corrected chi connectivity index (χ4v) is 3.89. The molecule has 0 radical (unpaired) electrons. The zero-order chi connectivity index (χ0) is 16.8. The number of benzene rings is 1. The molecule has 0 unspecified atom stereocenters. The second kappa shape index (κ2) is 5.15. The van der Waals surface area contributed by atoms with Gasteiger partial charge in [-0.25, -0.2) is 0 Å². The van der Waals surface area contributed by atoms with Gasteiger partial charge < -0.3 is 4.74 Å². The molecule has 2 fully saturated rings. The predicted octanol–water partition coefficient (Wildman–Crippen LogP) is 3.35. The van der Waals surface area contributed by atoms with Gasteiger partial charge in [-0.15, -0.1) is 0 Å². The summed E-state index contributed by atoms with van der Waals surface area (Å²) in [5.74, 6) is -0.578. The molecule has 0 bridgehead atoms. The Morgan fingerprint density at radius 3 is 2.48 bits per heavy atom. The van der Waals surface area contributed by atoms with Crippen molar-refractivity contribution in [3.63, 3.8) is 0 Å². The third-order valence-electron chi connectivity index (χ3n) is 5.13. The number of Topliss-reactive ketones (excluding diaryl/α,β-unsaturated/α-hetero) is 1. The van der Waals surface area contributed by atoms with Crippen molar-refractivity contribution in [1.82, 2.24) is 0 Å². The monoisotopic (exact) mass is 317 g/mol. The third-order valence-corrected chi connectivity index (χ3v) is 5.13. The quantitative estimate of drug-likeness (QED) is 0.361. The van der Waals surface area contributed by atoms with Crippen LogP contribution in [-0.2, 0) is 14.3 Å². The number of carbonyl (C=O) groups excluding carboxylic acids is 2. The highest BCUT2D eigenvalue weighted by Crippen LogP contribution is 2.54. The van der Waals surface area contributed by atoms with Crippen LogP contribution in [0.25, 0.3) is 0 Å². The number of ketones is 1. The highest BCUT2D eigenvalue weighted by atomic mass is 16.6. The normalized spacial score (nSPS) is 25.4. The molecule has 3 rings (SSSR count). The van der Waals surface area contributed by atoms with Crippen molar-refractivity contribution in [1.29, 1.82) is 0 Å². The Hall–Kier alpha value is -2.24. The molecule has 1 spiro atoms. The zero-order valence-corrected chi connectivity index (χ0v) is 13.2. The SMILES string of the molecule is CC1(C)C(=O)C2(CCCC2)C(=O)O[C@H]1c1cccc([N+](=O)[O-])c1. The van der Waals surface area contributed by atoms with Crippen LogP contribution < -0.4 is 0 Å². The first-order valence-electron chi connectivity index (χ1n) is 7.79. The van der Waals surface area contributed by atoms with Gasteiger partial charge in [-0.1, -0.05) is 25.0 Å². The maximum absolute atomic E-state index is 13.0. The van der Waals surface area contributed by atoms with Gasteiger partial charge in [-0.3, -0.25) is 19.7 Å². The molecule has 1 aromatic rings. The van der Waals surface area contributed by atoms with Crippen LogP contribution in [-0.4, -0.2) is 16.7 Å². The lowest BCUT2D eigenvalue weighted by Gasteiger charge is -2.44. The highest BCUT2D eigenvalue weighted by Gasteiger charge is 2.61. The first kappa shape index (κ1) is 15.6. The molecule has 1 atom stereocenters. The van der Waals surface area contributed by atoms with Gasteiger partial charge in [0.25, 0.3) is 5.69 Å². The Morgan fingerprint density at radius 2 is 1.87 bits per heavy atom. The number of nitrogens with zero attached hydrogens (tertiary/aromatic N) is 1. The molecule has 1 heterocycles. The number of nitro benzene ring substituents is 1. The van der Waals surface area contributed by atoms with Crippen molar-refractivity contribution in [3.8, 4) is 0 Å². The Morgan fingerprint density at radius 1 is 1.22 bits per heavy atom. The number of cyclic esters (lactones) is 1. The van der Waals surface area contributed by atoms with E-state index in [1.54, 1.807) is 26.0 Å². The molecule has 1 aliphatic carbocycles. The molecule has 0 amide bonds. The van der Waals surface area contributed by atoms with E-state index in [1.165, 1.54) is 12.1 Å². The van der Waals surface area contributed by atoms with E-state index in [1.807, 2.05) is 0 Å². The van der Waals surface area contributed by atoms with E-state index in [-0.39, 0.29) is 11.5 Å². The summed E-state index contributed by atoms with van der Waals surface area (Å²) >= 11 is 0. The third kappa shape index (κ3) is 2.24. The second-order valence-corrected chi connectivity index (χ2v) is 6.98. The van der Waals surface area contributed by atoms with Crippen LogP contribution in [0.3, 0.4) is 0 Å². The van der Waals surface area contributed by atoms with E-state index in [9.17, 15) is 19.7 Å². The Labute approximate surface area is 134 Å². The van der Waals surface area contributed by atoms with Crippen molar-refractivity contribution in [3.05, 3.63) is 39.9 Å². The van der Waals surface area contributed by atoms with Crippen molar-refractivity contribution in [2.45, 2.75) is 45.6 Å². The lowest BCUT2D eigenvalue weighted by Crippen LogP contribution is -2.53. The van der Waals surface area contributed by atoms with Gasteiger partial charge in [-0.2, -0.15) is 0 Å². The maximum atomic E-state index is 13.0. The molecule has 0 aromatic heterocycles. The number of non-ortho nitro benzene ring substituents is 1. The first-order valence-corrected chi connectivity index (χ1v) is 7.79. The summed E-state index contributed by atoms with van der Waals surface area (Å²) in [6, 6.07) is 5.95. The van der Waals surface area contributed by atoms with Crippen molar-refractivity contribution in [2.24, 2.45) is 10.8 Å². The van der Waals surface area contributed by atoms with E-state index < -0.39 is 27.8 Å². The molecule has 23 heavy (non-hydrogen) atoms. The van der Waals surface area contributed by atoms with Crippen LogP contribution in [0.5, 0.6) is 0 Å². The summed E-state index contributed by atoms with van der Waals surface area (Å²) in [5.41, 5.74) is -1.52. The first-order chi connectivity index (χ1) is 10.8. The molecule has 6 nitrogen and oxygen atoms in total. The van der Waals surface area contributed by atoms with Gasteiger partial charge in [0.2, 0.25) is 0 Å². The van der Waals surface area contributed by atoms with E-state index in [0.717, 1.165) is 12.8 Å². The predicted molar refractivity (Wildman–Crippen MR) is 81.6 cm³/mol. The van der Waals surface area contributed by atoms with Gasteiger partial charge in [0.05, 0.1) is 10.3 Å². The Bertz CT molecular complexity index is 688. The zero-order valence-electron chi connectivity index (χ0n) is 13.2. The molecule has 1 aliphatic heterocycles. The molecule has 122 valence electrons. The number of carbonyl (C=O) groups is 2. The minimum absolute atomic E-state index is 0.0806.